The highest BCUT2D eigenvalue weighted by Crippen LogP contribution is 2.22. The number of nitrogens with one attached hydrogen (secondary N) is 1. The lowest BCUT2D eigenvalue weighted by Gasteiger charge is -2.21. The molecule has 0 spiro atoms. The number of carbonyl (C=O) groups is 1. The minimum Gasteiger partial charge on any atom is -0.338 e. The first-order chi connectivity index (χ1) is 10.1. The molecule has 0 aliphatic carbocycles. The van der Waals surface area contributed by atoms with Gasteiger partial charge in [-0.05, 0) is 24.3 Å². The van der Waals surface area contributed by atoms with Gasteiger partial charge in [0.15, 0.2) is 0 Å². The van der Waals surface area contributed by atoms with E-state index in [1.54, 1.807) is 22.4 Å². The monoisotopic (exact) mass is 331 g/mol. The minimum atomic E-state index is -3.41. The van der Waals surface area contributed by atoms with Crippen LogP contribution < -0.4 is 5.32 Å². The van der Waals surface area contributed by atoms with E-state index in [1.165, 1.54) is 15.6 Å². The molecule has 21 heavy (non-hydrogen) atoms. The van der Waals surface area contributed by atoms with Gasteiger partial charge in [0.25, 0.3) is 10.0 Å². The number of hydrogen-bond acceptors (Lipinski definition) is 4. The van der Waals surface area contributed by atoms with Gasteiger partial charge in [0.05, 0.1) is 0 Å². The molecule has 8 heteroatoms. The van der Waals surface area contributed by atoms with Crippen LogP contribution in [-0.4, -0.2) is 56.4 Å². The van der Waals surface area contributed by atoms with Crippen LogP contribution in [0.1, 0.15) is 19.8 Å². The van der Waals surface area contributed by atoms with E-state index >= 15 is 0 Å². The number of thiophene rings is 1. The van der Waals surface area contributed by atoms with Crippen molar-refractivity contribution in [2.75, 3.05) is 32.7 Å². The Kier molecular flexibility index (Phi) is 5.60. The molecule has 1 aromatic rings. The Labute approximate surface area is 129 Å². The van der Waals surface area contributed by atoms with E-state index in [9.17, 15) is 13.2 Å². The SMILES string of the molecule is CCCNC(=O)N1CCCN(S(=O)(=O)c2cccs2)CC1. The first kappa shape index (κ1) is 16.3. The van der Waals surface area contributed by atoms with Gasteiger partial charge < -0.3 is 10.2 Å². The van der Waals surface area contributed by atoms with Crippen molar-refractivity contribution in [2.45, 2.75) is 24.0 Å². The van der Waals surface area contributed by atoms with Crippen molar-refractivity contribution in [1.29, 1.82) is 0 Å². The highest BCUT2D eigenvalue weighted by Gasteiger charge is 2.28. The zero-order chi connectivity index (χ0) is 15.3. The highest BCUT2D eigenvalue weighted by molar-refractivity contribution is 7.91. The summed E-state index contributed by atoms with van der Waals surface area (Å²) >= 11 is 1.23. The number of rotatable bonds is 4. The van der Waals surface area contributed by atoms with Gasteiger partial charge in [-0.25, -0.2) is 13.2 Å². The third kappa shape index (κ3) is 3.96. The normalized spacial score (nSPS) is 17.5. The molecule has 1 N–H and O–H groups in total. The smallest absolute Gasteiger partial charge is 0.317 e. The van der Waals surface area contributed by atoms with Gasteiger partial charge in [0.1, 0.15) is 4.21 Å². The molecule has 2 rings (SSSR count). The second-order valence-electron chi connectivity index (χ2n) is 4.91. The van der Waals surface area contributed by atoms with E-state index < -0.39 is 10.0 Å². The quantitative estimate of drug-likeness (QED) is 0.910. The van der Waals surface area contributed by atoms with Crippen LogP contribution in [0, 0.1) is 0 Å². The molecule has 1 aromatic heterocycles. The average Bonchev–Trinajstić information content (AvgIpc) is 2.89. The largest absolute Gasteiger partial charge is 0.338 e. The van der Waals surface area contributed by atoms with Gasteiger partial charge >= 0.3 is 6.03 Å². The molecule has 1 aliphatic heterocycles. The van der Waals surface area contributed by atoms with Crippen LogP contribution >= 0.6 is 11.3 Å². The fraction of sp³-hybridized carbons (Fsp3) is 0.615. The van der Waals surface area contributed by atoms with Gasteiger partial charge in [-0.1, -0.05) is 13.0 Å². The summed E-state index contributed by atoms with van der Waals surface area (Å²) in [5, 5.41) is 4.59. The molecule has 0 aromatic carbocycles. The molecule has 1 saturated heterocycles. The maximum atomic E-state index is 12.5. The molecule has 0 radical (unpaired) electrons. The van der Waals surface area contributed by atoms with Crippen molar-refractivity contribution in [3.63, 3.8) is 0 Å². The fourth-order valence-electron chi connectivity index (χ4n) is 2.22. The lowest BCUT2D eigenvalue weighted by atomic mass is 10.4. The van der Waals surface area contributed by atoms with Gasteiger partial charge in [-0.2, -0.15) is 4.31 Å². The van der Waals surface area contributed by atoms with E-state index in [-0.39, 0.29) is 6.03 Å². The molecular formula is C13H21N3O3S2. The lowest BCUT2D eigenvalue weighted by molar-refractivity contribution is 0.200. The summed E-state index contributed by atoms with van der Waals surface area (Å²) < 4.78 is 26.8. The van der Waals surface area contributed by atoms with Crippen molar-refractivity contribution in [3.8, 4) is 0 Å². The van der Waals surface area contributed by atoms with Crippen molar-refractivity contribution < 1.29 is 13.2 Å². The zero-order valence-electron chi connectivity index (χ0n) is 12.1. The third-order valence-electron chi connectivity index (χ3n) is 3.36. The van der Waals surface area contributed by atoms with Crippen molar-refractivity contribution in [2.24, 2.45) is 0 Å². The number of nitrogens with zero attached hydrogens (tertiary/aromatic N) is 2. The predicted molar refractivity (Wildman–Crippen MR) is 83.0 cm³/mol. The Balaban J connectivity index is 1.99. The molecule has 0 unspecified atom stereocenters. The van der Waals surface area contributed by atoms with Crippen LogP contribution in [0.3, 0.4) is 0 Å². The number of sulfonamides is 1. The second kappa shape index (κ2) is 7.24. The standard InChI is InChI=1S/C13H21N3O3S2/c1-2-6-14-13(17)15-7-4-8-16(10-9-15)21(18,19)12-5-3-11-20-12/h3,5,11H,2,4,6-10H2,1H3,(H,14,17). The van der Waals surface area contributed by atoms with Crippen LogP contribution in [0.2, 0.25) is 0 Å². The first-order valence-electron chi connectivity index (χ1n) is 7.12. The second-order valence-corrected chi connectivity index (χ2v) is 8.02. The Bertz CT molecular complexity index is 557. The Hall–Kier alpha value is -1.12. The zero-order valence-corrected chi connectivity index (χ0v) is 13.8. The van der Waals surface area contributed by atoms with Crippen LogP contribution in [0.15, 0.2) is 21.7 Å². The fourth-order valence-corrected chi connectivity index (χ4v) is 4.83. The molecule has 0 saturated carbocycles. The lowest BCUT2D eigenvalue weighted by Crippen LogP contribution is -2.42. The van der Waals surface area contributed by atoms with E-state index in [1.807, 2.05) is 6.92 Å². The number of carbonyl (C=O) groups excluding carboxylic acids is 1. The molecule has 1 aliphatic rings. The molecule has 2 amide bonds. The van der Waals surface area contributed by atoms with E-state index in [2.05, 4.69) is 5.32 Å². The topological polar surface area (TPSA) is 69.7 Å². The van der Waals surface area contributed by atoms with Crippen LogP contribution in [0.4, 0.5) is 4.79 Å². The summed E-state index contributed by atoms with van der Waals surface area (Å²) in [6.45, 7) is 4.47. The molecule has 2 heterocycles. The Morgan fingerprint density at radius 1 is 1.33 bits per heavy atom. The van der Waals surface area contributed by atoms with Crippen molar-refractivity contribution >= 4 is 27.4 Å². The Morgan fingerprint density at radius 3 is 2.81 bits per heavy atom. The number of urea groups is 1. The van der Waals surface area contributed by atoms with E-state index in [4.69, 9.17) is 0 Å². The first-order valence-corrected chi connectivity index (χ1v) is 9.44. The summed E-state index contributed by atoms with van der Waals surface area (Å²) in [5.41, 5.74) is 0. The summed E-state index contributed by atoms with van der Waals surface area (Å²) in [5.74, 6) is 0. The molecule has 118 valence electrons. The molecule has 6 nitrogen and oxygen atoms in total. The number of hydrogen-bond donors (Lipinski definition) is 1. The summed E-state index contributed by atoms with van der Waals surface area (Å²) in [6.07, 6.45) is 1.54. The molecule has 0 atom stereocenters. The van der Waals surface area contributed by atoms with Crippen molar-refractivity contribution in [3.05, 3.63) is 17.5 Å². The average molecular weight is 331 g/mol. The van der Waals surface area contributed by atoms with Crippen LogP contribution in [0.5, 0.6) is 0 Å². The summed E-state index contributed by atoms with van der Waals surface area (Å²) in [7, 11) is -3.41. The molecular weight excluding hydrogens is 310 g/mol. The predicted octanol–water partition coefficient (Wildman–Crippen LogP) is 1.56. The van der Waals surface area contributed by atoms with Gasteiger partial charge in [-0.15, -0.1) is 11.3 Å². The number of amides is 2. The summed E-state index contributed by atoms with van der Waals surface area (Å²) in [6, 6.07) is 3.25. The van der Waals surface area contributed by atoms with E-state index in [0.717, 1.165) is 6.42 Å². The van der Waals surface area contributed by atoms with Gasteiger partial charge in [-0.3, -0.25) is 0 Å². The van der Waals surface area contributed by atoms with Gasteiger partial charge in [0.2, 0.25) is 0 Å². The Morgan fingerprint density at radius 2 is 2.14 bits per heavy atom. The third-order valence-corrected chi connectivity index (χ3v) is 6.63. The van der Waals surface area contributed by atoms with E-state index in [0.29, 0.717) is 43.4 Å². The maximum Gasteiger partial charge on any atom is 0.317 e. The van der Waals surface area contributed by atoms with Gasteiger partial charge in [0, 0.05) is 32.7 Å². The summed E-state index contributed by atoms with van der Waals surface area (Å²) in [4.78, 5) is 13.6. The van der Waals surface area contributed by atoms with Crippen LogP contribution in [0.25, 0.3) is 0 Å². The maximum absolute atomic E-state index is 12.5. The van der Waals surface area contributed by atoms with Crippen LogP contribution in [-0.2, 0) is 10.0 Å². The molecule has 1 fully saturated rings. The molecule has 0 bridgehead atoms. The minimum absolute atomic E-state index is 0.104. The highest BCUT2D eigenvalue weighted by atomic mass is 32.2. The van der Waals surface area contributed by atoms with Crippen molar-refractivity contribution in [1.82, 2.24) is 14.5 Å².